The van der Waals surface area contributed by atoms with Crippen molar-refractivity contribution >= 4 is 17.3 Å². The summed E-state index contributed by atoms with van der Waals surface area (Å²) in [6.07, 6.45) is 0. The van der Waals surface area contributed by atoms with Crippen molar-refractivity contribution in [3.05, 3.63) is 59.4 Å². The molecule has 0 heterocycles. The molecule has 0 saturated carbocycles. The van der Waals surface area contributed by atoms with Gasteiger partial charge in [0.15, 0.2) is 0 Å². The lowest BCUT2D eigenvalue weighted by atomic mass is 10.1. The van der Waals surface area contributed by atoms with Crippen LogP contribution >= 0.6 is 0 Å². The number of anilines is 2. The number of aryl methyl sites for hydroxylation is 1. The van der Waals surface area contributed by atoms with E-state index in [9.17, 15) is 9.18 Å². The number of halogens is 1. The number of benzene rings is 2. The molecule has 0 fully saturated rings. The molecular formula is C16H17FN2O. The van der Waals surface area contributed by atoms with E-state index in [0.29, 0.717) is 12.1 Å². The molecule has 2 N–H and O–H groups in total. The lowest BCUT2D eigenvalue weighted by Crippen LogP contribution is -2.10. The normalized spacial score (nSPS) is 10.2. The summed E-state index contributed by atoms with van der Waals surface area (Å²) in [5, 5.41) is 6.02. The molecule has 0 aliphatic heterocycles. The molecule has 20 heavy (non-hydrogen) atoms. The standard InChI is InChI=1S/C16H17FN2O/c1-11-9-14(7-8-15(11)17)18-10-13-5-3-4-6-16(13)19-12(2)20/h3-9,18H,10H2,1-2H3,(H,19,20). The second-order valence-corrected chi connectivity index (χ2v) is 4.66. The Kier molecular flexibility index (Phi) is 4.35. The molecule has 2 rings (SSSR count). The lowest BCUT2D eigenvalue weighted by molar-refractivity contribution is -0.114. The Morgan fingerprint density at radius 1 is 1.20 bits per heavy atom. The molecule has 0 spiro atoms. The second-order valence-electron chi connectivity index (χ2n) is 4.66. The predicted octanol–water partition coefficient (Wildman–Crippen LogP) is 3.70. The van der Waals surface area contributed by atoms with Crippen LogP contribution in [0.4, 0.5) is 15.8 Å². The highest BCUT2D eigenvalue weighted by molar-refractivity contribution is 5.89. The molecule has 3 nitrogen and oxygen atoms in total. The van der Waals surface area contributed by atoms with E-state index in [4.69, 9.17) is 0 Å². The van der Waals surface area contributed by atoms with Gasteiger partial charge in [0.1, 0.15) is 5.82 Å². The Balaban J connectivity index is 2.10. The summed E-state index contributed by atoms with van der Waals surface area (Å²) in [6, 6.07) is 12.5. The molecule has 2 aromatic rings. The number of para-hydroxylation sites is 1. The predicted molar refractivity (Wildman–Crippen MR) is 79.2 cm³/mol. The minimum atomic E-state index is -0.214. The average Bonchev–Trinajstić information content (AvgIpc) is 2.41. The van der Waals surface area contributed by atoms with Crippen LogP contribution in [0.2, 0.25) is 0 Å². The Labute approximate surface area is 117 Å². The zero-order chi connectivity index (χ0) is 14.5. The summed E-state index contributed by atoms with van der Waals surface area (Å²) in [5.41, 5.74) is 3.21. The fourth-order valence-corrected chi connectivity index (χ4v) is 1.94. The van der Waals surface area contributed by atoms with Gasteiger partial charge in [-0.2, -0.15) is 0 Å². The van der Waals surface area contributed by atoms with E-state index < -0.39 is 0 Å². The van der Waals surface area contributed by atoms with Crippen LogP contribution in [0.3, 0.4) is 0 Å². The lowest BCUT2D eigenvalue weighted by Gasteiger charge is -2.12. The molecule has 0 atom stereocenters. The molecule has 0 aliphatic carbocycles. The van der Waals surface area contributed by atoms with E-state index in [1.807, 2.05) is 24.3 Å². The molecule has 0 unspecified atom stereocenters. The van der Waals surface area contributed by atoms with Crippen molar-refractivity contribution in [2.45, 2.75) is 20.4 Å². The van der Waals surface area contributed by atoms with Gasteiger partial charge in [-0.15, -0.1) is 0 Å². The first-order chi connectivity index (χ1) is 9.56. The maximum absolute atomic E-state index is 13.2. The zero-order valence-electron chi connectivity index (χ0n) is 11.5. The van der Waals surface area contributed by atoms with Gasteiger partial charge in [-0.1, -0.05) is 18.2 Å². The monoisotopic (exact) mass is 272 g/mol. The molecule has 0 radical (unpaired) electrons. The molecule has 0 aromatic heterocycles. The van der Waals surface area contributed by atoms with Crippen LogP contribution in [-0.2, 0) is 11.3 Å². The minimum absolute atomic E-state index is 0.102. The van der Waals surface area contributed by atoms with Crippen LogP contribution < -0.4 is 10.6 Å². The maximum Gasteiger partial charge on any atom is 0.221 e. The molecule has 0 bridgehead atoms. The van der Waals surface area contributed by atoms with E-state index >= 15 is 0 Å². The Morgan fingerprint density at radius 2 is 1.95 bits per heavy atom. The van der Waals surface area contributed by atoms with Crippen LogP contribution in [-0.4, -0.2) is 5.91 Å². The fourth-order valence-electron chi connectivity index (χ4n) is 1.94. The Bertz CT molecular complexity index is 626. The SMILES string of the molecule is CC(=O)Nc1ccccc1CNc1ccc(F)c(C)c1. The third-order valence-electron chi connectivity index (χ3n) is 2.97. The van der Waals surface area contributed by atoms with Crippen molar-refractivity contribution in [1.82, 2.24) is 0 Å². The average molecular weight is 272 g/mol. The van der Waals surface area contributed by atoms with Crippen molar-refractivity contribution < 1.29 is 9.18 Å². The summed E-state index contributed by atoms with van der Waals surface area (Å²) in [5.74, 6) is -0.315. The third-order valence-corrected chi connectivity index (χ3v) is 2.97. The number of rotatable bonds is 4. The molecule has 0 saturated heterocycles. The second kappa shape index (κ2) is 6.19. The first-order valence-electron chi connectivity index (χ1n) is 6.42. The molecular weight excluding hydrogens is 255 g/mol. The number of carbonyl (C=O) groups is 1. The highest BCUT2D eigenvalue weighted by atomic mass is 19.1. The highest BCUT2D eigenvalue weighted by Crippen LogP contribution is 2.18. The van der Waals surface area contributed by atoms with Gasteiger partial charge in [-0.25, -0.2) is 4.39 Å². The zero-order valence-corrected chi connectivity index (χ0v) is 11.5. The van der Waals surface area contributed by atoms with E-state index in [1.165, 1.54) is 13.0 Å². The molecule has 1 amide bonds. The molecule has 2 aromatic carbocycles. The van der Waals surface area contributed by atoms with Gasteiger partial charge in [0.25, 0.3) is 0 Å². The van der Waals surface area contributed by atoms with Gasteiger partial charge < -0.3 is 10.6 Å². The van der Waals surface area contributed by atoms with Crippen LogP contribution in [0, 0.1) is 12.7 Å². The first kappa shape index (κ1) is 14.1. The van der Waals surface area contributed by atoms with Gasteiger partial charge in [-0.3, -0.25) is 4.79 Å². The molecule has 104 valence electrons. The number of hydrogen-bond donors (Lipinski definition) is 2. The van der Waals surface area contributed by atoms with Crippen molar-refractivity contribution in [3.63, 3.8) is 0 Å². The summed E-state index contributed by atoms with van der Waals surface area (Å²) in [7, 11) is 0. The smallest absolute Gasteiger partial charge is 0.221 e. The maximum atomic E-state index is 13.2. The van der Waals surface area contributed by atoms with Crippen molar-refractivity contribution in [1.29, 1.82) is 0 Å². The molecule has 0 aliphatic rings. The third kappa shape index (κ3) is 3.57. The van der Waals surface area contributed by atoms with Crippen molar-refractivity contribution in [2.75, 3.05) is 10.6 Å². The van der Waals surface area contributed by atoms with Gasteiger partial charge in [0.2, 0.25) is 5.91 Å². The van der Waals surface area contributed by atoms with Crippen molar-refractivity contribution in [3.8, 4) is 0 Å². The highest BCUT2D eigenvalue weighted by Gasteiger charge is 2.04. The minimum Gasteiger partial charge on any atom is -0.381 e. The fraction of sp³-hybridized carbons (Fsp3) is 0.188. The van der Waals surface area contributed by atoms with Crippen LogP contribution in [0.1, 0.15) is 18.1 Å². The summed E-state index contributed by atoms with van der Waals surface area (Å²) < 4.78 is 13.2. The van der Waals surface area contributed by atoms with Crippen molar-refractivity contribution in [2.24, 2.45) is 0 Å². The van der Waals surface area contributed by atoms with Gasteiger partial charge >= 0.3 is 0 Å². The summed E-state index contributed by atoms with van der Waals surface area (Å²) in [6.45, 7) is 3.76. The van der Waals surface area contributed by atoms with Gasteiger partial charge in [-0.05, 0) is 42.3 Å². The summed E-state index contributed by atoms with van der Waals surface area (Å²) >= 11 is 0. The van der Waals surface area contributed by atoms with Gasteiger partial charge in [0, 0.05) is 24.8 Å². The van der Waals surface area contributed by atoms with E-state index in [0.717, 1.165) is 16.9 Å². The topological polar surface area (TPSA) is 41.1 Å². The van der Waals surface area contributed by atoms with E-state index in [2.05, 4.69) is 10.6 Å². The number of amides is 1. The Hall–Kier alpha value is -2.36. The van der Waals surface area contributed by atoms with Gasteiger partial charge in [0.05, 0.1) is 0 Å². The molecule has 4 heteroatoms. The van der Waals surface area contributed by atoms with E-state index in [-0.39, 0.29) is 11.7 Å². The van der Waals surface area contributed by atoms with Crippen LogP contribution in [0.25, 0.3) is 0 Å². The first-order valence-corrected chi connectivity index (χ1v) is 6.42. The summed E-state index contributed by atoms with van der Waals surface area (Å²) in [4.78, 5) is 11.1. The van der Waals surface area contributed by atoms with E-state index in [1.54, 1.807) is 19.1 Å². The van der Waals surface area contributed by atoms with Crippen LogP contribution in [0.15, 0.2) is 42.5 Å². The number of carbonyl (C=O) groups excluding carboxylic acids is 1. The largest absolute Gasteiger partial charge is 0.381 e. The number of hydrogen-bond acceptors (Lipinski definition) is 2. The Morgan fingerprint density at radius 3 is 2.65 bits per heavy atom. The number of nitrogens with one attached hydrogen (secondary N) is 2. The quantitative estimate of drug-likeness (QED) is 0.891. The van der Waals surface area contributed by atoms with Crippen LogP contribution in [0.5, 0.6) is 0 Å².